The van der Waals surface area contributed by atoms with Gasteiger partial charge in [0.25, 0.3) is 11.5 Å². The second-order valence-electron chi connectivity index (χ2n) is 6.01. The fourth-order valence-corrected chi connectivity index (χ4v) is 2.66. The van der Waals surface area contributed by atoms with E-state index in [0.29, 0.717) is 0 Å². The Balaban J connectivity index is 2.09. The van der Waals surface area contributed by atoms with Gasteiger partial charge in [-0.2, -0.15) is 22.9 Å². The molecular formula is C17H13F3N4O5. The quantitative estimate of drug-likeness (QED) is 0.594. The minimum absolute atomic E-state index is 0.0672. The van der Waals surface area contributed by atoms with E-state index in [2.05, 4.69) is 5.10 Å². The van der Waals surface area contributed by atoms with Gasteiger partial charge in [-0.3, -0.25) is 14.4 Å². The molecule has 0 spiro atoms. The van der Waals surface area contributed by atoms with E-state index in [9.17, 15) is 32.7 Å². The van der Waals surface area contributed by atoms with Crippen LogP contribution >= 0.6 is 0 Å². The maximum atomic E-state index is 12.7. The van der Waals surface area contributed by atoms with E-state index in [-0.39, 0.29) is 16.8 Å². The number of aliphatic carboxylic acids is 1. The maximum Gasteiger partial charge on any atom is 0.416 e. The Morgan fingerprint density at radius 1 is 1.21 bits per heavy atom. The molecule has 3 rings (SSSR count). The zero-order chi connectivity index (χ0) is 21.5. The van der Waals surface area contributed by atoms with Gasteiger partial charge in [0.2, 0.25) is 0 Å². The number of aromatic nitrogens is 3. The van der Waals surface area contributed by atoms with Crippen molar-refractivity contribution in [2.45, 2.75) is 6.18 Å². The number of hydrogen-bond donors (Lipinski definition) is 3. The van der Waals surface area contributed by atoms with Gasteiger partial charge in [-0.1, -0.05) is 12.1 Å². The van der Waals surface area contributed by atoms with Crippen LogP contribution in [-0.2, 0) is 18.0 Å². The first-order chi connectivity index (χ1) is 13.5. The molecule has 0 unspecified atom stereocenters. The Hall–Kier alpha value is -3.83. The minimum atomic E-state index is -4.50. The molecule has 0 radical (unpaired) electrons. The van der Waals surface area contributed by atoms with E-state index in [4.69, 9.17) is 5.11 Å². The van der Waals surface area contributed by atoms with Crippen LogP contribution in [0.15, 0.2) is 35.1 Å². The predicted molar refractivity (Wildman–Crippen MR) is 92.5 cm³/mol. The molecule has 0 bridgehead atoms. The average Bonchev–Trinajstić information content (AvgIpc) is 3.10. The first-order valence-electron chi connectivity index (χ1n) is 8.00. The molecule has 0 atom stereocenters. The lowest BCUT2D eigenvalue weighted by atomic mass is 10.1. The van der Waals surface area contributed by atoms with Gasteiger partial charge in [-0.05, 0) is 18.2 Å². The number of benzene rings is 1. The highest BCUT2D eigenvalue weighted by molar-refractivity contribution is 5.99. The Labute approximate surface area is 159 Å². The van der Waals surface area contributed by atoms with Crippen molar-refractivity contribution in [1.82, 2.24) is 19.7 Å². The summed E-state index contributed by atoms with van der Waals surface area (Å²) < 4.78 is 40.0. The van der Waals surface area contributed by atoms with Crippen LogP contribution in [-0.4, -0.2) is 43.0 Å². The van der Waals surface area contributed by atoms with E-state index >= 15 is 0 Å². The van der Waals surface area contributed by atoms with Crippen molar-refractivity contribution in [3.8, 4) is 17.0 Å². The number of hydrogen-bond acceptors (Lipinski definition) is 5. The number of aromatic hydroxyl groups is 1. The van der Waals surface area contributed by atoms with E-state index in [0.717, 1.165) is 21.4 Å². The number of fused-ring (bicyclic) bond motifs is 1. The number of nitrogens with zero attached hydrogens (tertiary/aromatic N) is 3. The number of rotatable bonds is 4. The number of halogens is 3. The van der Waals surface area contributed by atoms with Crippen LogP contribution in [0.25, 0.3) is 16.8 Å². The molecule has 29 heavy (non-hydrogen) atoms. The molecular weight excluding hydrogens is 397 g/mol. The summed E-state index contributed by atoms with van der Waals surface area (Å²) in [5.41, 5.74) is -2.11. The monoisotopic (exact) mass is 410 g/mol. The first-order valence-corrected chi connectivity index (χ1v) is 8.00. The van der Waals surface area contributed by atoms with Gasteiger partial charge < -0.3 is 15.5 Å². The molecule has 152 valence electrons. The summed E-state index contributed by atoms with van der Waals surface area (Å²) in [6.45, 7) is -0.761. The highest BCUT2D eigenvalue weighted by Crippen LogP contribution is 2.31. The molecule has 0 aliphatic rings. The van der Waals surface area contributed by atoms with Crippen molar-refractivity contribution in [3.63, 3.8) is 0 Å². The highest BCUT2D eigenvalue weighted by atomic mass is 19.4. The van der Waals surface area contributed by atoms with Crippen LogP contribution in [0.4, 0.5) is 13.2 Å². The lowest BCUT2D eigenvalue weighted by Crippen LogP contribution is -2.36. The van der Waals surface area contributed by atoms with E-state index in [1.807, 2.05) is 5.32 Å². The summed E-state index contributed by atoms with van der Waals surface area (Å²) in [6, 6.07) is 5.37. The molecule has 0 aliphatic carbocycles. The lowest BCUT2D eigenvalue weighted by molar-refractivity contribution is -0.137. The summed E-state index contributed by atoms with van der Waals surface area (Å²) in [7, 11) is 1.26. The summed E-state index contributed by atoms with van der Waals surface area (Å²) in [4.78, 5) is 35.1. The SMILES string of the molecule is Cn1c(=O)c(C(=O)NCC(=O)O)c(O)c2cc(-c3ccc(C(F)(F)F)cc3)nn21. The average molecular weight is 410 g/mol. The zero-order valence-corrected chi connectivity index (χ0v) is 14.7. The fourth-order valence-electron chi connectivity index (χ4n) is 2.66. The van der Waals surface area contributed by atoms with E-state index in [1.54, 1.807) is 0 Å². The molecule has 12 heteroatoms. The molecule has 0 aliphatic heterocycles. The minimum Gasteiger partial charge on any atom is -0.505 e. The second kappa shape index (κ2) is 6.96. The van der Waals surface area contributed by atoms with Crippen molar-refractivity contribution in [2.24, 2.45) is 7.05 Å². The second-order valence-corrected chi connectivity index (χ2v) is 6.01. The van der Waals surface area contributed by atoms with Crippen molar-refractivity contribution >= 4 is 17.4 Å². The van der Waals surface area contributed by atoms with Gasteiger partial charge >= 0.3 is 12.1 Å². The van der Waals surface area contributed by atoms with Crippen LogP contribution in [0.2, 0.25) is 0 Å². The topological polar surface area (TPSA) is 126 Å². The number of carboxylic acids is 1. The molecule has 2 aromatic heterocycles. The van der Waals surface area contributed by atoms with Gasteiger partial charge in [-0.25, -0.2) is 4.68 Å². The third-order valence-electron chi connectivity index (χ3n) is 4.10. The standard InChI is InChI=1S/C17H13F3N4O5/c1-23-16(29)13(15(28)21-7-12(25)26)14(27)11-6-10(22-24(11)23)8-2-4-9(5-3-8)17(18,19)20/h2-6,27H,7H2,1H3,(H,21,28)(H,25,26). The van der Waals surface area contributed by atoms with Gasteiger partial charge in [0.1, 0.15) is 12.1 Å². The summed E-state index contributed by atoms with van der Waals surface area (Å²) >= 11 is 0. The van der Waals surface area contributed by atoms with Crippen LogP contribution in [0.3, 0.4) is 0 Å². The highest BCUT2D eigenvalue weighted by Gasteiger charge is 2.30. The van der Waals surface area contributed by atoms with Gasteiger partial charge in [0.15, 0.2) is 11.3 Å². The molecule has 2 heterocycles. The Kier molecular flexibility index (Phi) is 4.78. The van der Waals surface area contributed by atoms with E-state index < -0.39 is 47.0 Å². The zero-order valence-electron chi connectivity index (χ0n) is 14.7. The van der Waals surface area contributed by atoms with Gasteiger partial charge in [0.05, 0.1) is 11.3 Å². The molecule has 1 aromatic carbocycles. The van der Waals surface area contributed by atoms with Crippen molar-refractivity contribution in [3.05, 3.63) is 51.8 Å². The van der Waals surface area contributed by atoms with Crippen molar-refractivity contribution < 1.29 is 33.0 Å². The van der Waals surface area contributed by atoms with Crippen molar-refractivity contribution in [2.75, 3.05) is 6.54 Å². The molecule has 3 aromatic rings. The molecule has 9 nitrogen and oxygen atoms in total. The lowest BCUT2D eigenvalue weighted by Gasteiger charge is -2.09. The number of nitrogens with one attached hydrogen (secondary N) is 1. The summed E-state index contributed by atoms with van der Waals surface area (Å²) in [5, 5.41) is 25.1. The van der Waals surface area contributed by atoms with Gasteiger partial charge in [0, 0.05) is 12.6 Å². The van der Waals surface area contributed by atoms with Crippen molar-refractivity contribution in [1.29, 1.82) is 0 Å². The molecule has 0 saturated carbocycles. The fraction of sp³-hybridized carbons (Fsp3) is 0.176. The van der Waals surface area contributed by atoms with Crippen LogP contribution < -0.4 is 10.9 Å². The summed E-state index contributed by atoms with van der Waals surface area (Å²) in [6.07, 6.45) is -4.50. The third-order valence-corrected chi connectivity index (χ3v) is 4.10. The third kappa shape index (κ3) is 3.63. The maximum absolute atomic E-state index is 12.7. The number of alkyl halides is 3. The number of amides is 1. The van der Waals surface area contributed by atoms with Crippen LogP contribution in [0.1, 0.15) is 15.9 Å². The number of carboxylic acid groups (broad SMARTS) is 1. The van der Waals surface area contributed by atoms with Crippen LogP contribution in [0.5, 0.6) is 5.75 Å². The first kappa shape index (κ1) is 19.9. The largest absolute Gasteiger partial charge is 0.505 e. The molecule has 1 amide bonds. The van der Waals surface area contributed by atoms with E-state index in [1.165, 1.54) is 25.2 Å². The number of carbonyl (C=O) groups is 2. The molecule has 0 fully saturated rings. The molecule has 0 saturated heterocycles. The Morgan fingerprint density at radius 3 is 2.38 bits per heavy atom. The van der Waals surface area contributed by atoms with Crippen LogP contribution in [0, 0.1) is 0 Å². The number of aryl methyl sites for hydroxylation is 1. The normalized spacial score (nSPS) is 11.6. The summed E-state index contributed by atoms with van der Waals surface area (Å²) in [5.74, 6) is -3.17. The number of carbonyl (C=O) groups excluding carboxylic acids is 1. The Bertz CT molecular complexity index is 1180. The smallest absolute Gasteiger partial charge is 0.416 e. The predicted octanol–water partition coefficient (Wildman–Crippen LogP) is 1.24. The van der Waals surface area contributed by atoms with Gasteiger partial charge in [-0.15, -0.1) is 0 Å². The molecule has 3 N–H and O–H groups in total. The Morgan fingerprint density at radius 2 is 1.83 bits per heavy atom.